The summed E-state index contributed by atoms with van der Waals surface area (Å²) in [5.74, 6) is 0. The standard InChI is InChI=1S/C18H29N3O4S/c1-14-6-8-17(9-7-14)26(23,24)19-18(22)20-12-15(2)21(16(3)13-20)10-5-11-25-4/h6-9,15-16H,5,10-13H2,1-4H3,(H,19,22). The van der Waals surface area contributed by atoms with Gasteiger partial charge in [0.05, 0.1) is 4.90 Å². The molecule has 0 aromatic heterocycles. The summed E-state index contributed by atoms with van der Waals surface area (Å²) in [6.45, 7) is 8.57. The molecular weight excluding hydrogens is 354 g/mol. The number of benzene rings is 1. The quantitative estimate of drug-likeness (QED) is 0.758. The van der Waals surface area contributed by atoms with Crippen LogP contribution < -0.4 is 4.72 Å². The minimum absolute atomic E-state index is 0.0933. The van der Waals surface area contributed by atoms with Crippen molar-refractivity contribution in [3.05, 3.63) is 29.8 Å². The number of amides is 2. The Morgan fingerprint density at radius 2 is 1.77 bits per heavy atom. The summed E-state index contributed by atoms with van der Waals surface area (Å²) in [5.41, 5.74) is 0.961. The van der Waals surface area contributed by atoms with Gasteiger partial charge < -0.3 is 9.64 Å². The molecule has 26 heavy (non-hydrogen) atoms. The van der Waals surface area contributed by atoms with E-state index < -0.39 is 16.1 Å². The molecule has 2 atom stereocenters. The fraction of sp³-hybridized carbons (Fsp3) is 0.611. The molecule has 1 aromatic carbocycles. The molecule has 1 saturated heterocycles. The highest BCUT2D eigenvalue weighted by atomic mass is 32.2. The highest BCUT2D eigenvalue weighted by molar-refractivity contribution is 7.90. The van der Waals surface area contributed by atoms with E-state index in [0.29, 0.717) is 19.7 Å². The zero-order valence-corrected chi connectivity index (χ0v) is 16.8. The van der Waals surface area contributed by atoms with Crippen molar-refractivity contribution in [1.29, 1.82) is 0 Å². The summed E-state index contributed by atoms with van der Waals surface area (Å²) in [4.78, 5) is 16.5. The summed E-state index contributed by atoms with van der Waals surface area (Å²) >= 11 is 0. The normalized spacial score (nSPS) is 21.6. The second kappa shape index (κ2) is 8.83. The van der Waals surface area contributed by atoms with Crippen molar-refractivity contribution in [2.45, 2.75) is 44.2 Å². The maximum absolute atomic E-state index is 12.5. The average Bonchev–Trinajstić information content (AvgIpc) is 2.57. The van der Waals surface area contributed by atoms with E-state index in [1.54, 1.807) is 24.1 Å². The molecule has 2 rings (SSSR count). The van der Waals surface area contributed by atoms with Gasteiger partial charge in [0.15, 0.2) is 0 Å². The largest absolute Gasteiger partial charge is 0.385 e. The average molecular weight is 384 g/mol. The molecule has 1 heterocycles. The van der Waals surface area contributed by atoms with E-state index in [-0.39, 0.29) is 17.0 Å². The minimum Gasteiger partial charge on any atom is -0.385 e. The molecule has 2 unspecified atom stereocenters. The molecule has 1 fully saturated rings. The smallest absolute Gasteiger partial charge is 0.331 e. The van der Waals surface area contributed by atoms with Crippen LogP contribution in [0.2, 0.25) is 0 Å². The Labute approximate surface area is 156 Å². The molecule has 1 N–H and O–H groups in total. The van der Waals surface area contributed by atoms with Gasteiger partial charge in [-0.15, -0.1) is 0 Å². The van der Waals surface area contributed by atoms with Crippen molar-refractivity contribution in [3.63, 3.8) is 0 Å². The number of hydrogen-bond donors (Lipinski definition) is 1. The van der Waals surface area contributed by atoms with E-state index in [9.17, 15) is 13.2 Å². The molecule has 1 aliphatic rings. The first-order chi connectivity index (χ1) is 12.2. The number of nitrogens with one attached hydrogen (secondary N) is 1. The zero-order chi connectivity index (χ0) is 19.3. The summed E-state index contributed by atoms with van der Waals surface area (Å²) in [7, 11) is -2.18. The third-order valence-corrected chi connectivity index (χ3v) is 6.04. The van der Waals surface area contributed by atoms with Crippen molar-refractivity contribution < 1.29 is 17.9 Å². The number of rotatable bonds is 6. The van der Waals surface area contributed by atoms with Gasteiger partial charge in [0, 0.05) is 45.4 Å². The van der Waals surface area contributed by atoms with Gasteiger partial charge in [0.1, 0.15) is 0 Å². The Balaban J connectivity index is 1.99. The summed E-state index contributed by atoms with van der Waals surface area (Å²) < 4.78 is 32.1. The first-order valence-electron chi connectivity index (χ1n) is 8.87. The fourth-order valence-corrected chi connectivity index (χ4v) is 4.28. The van der Waals surface area contributed by atoms with Crippen LogP contribution in [0.1, 0.15) is 25.8 Å². The lowest BCUT2D eigenvalue weighted by atomic mass is 10.1. The number of piperazine rings is 1. The lowest BCUT2D eigenvalue weighted by molar-refractivity contribution is 0.0493. The molecule has 2 amide bonds. The molecule has 0 aliphatic carbocycles. The van der Waals surface area contributed by atoms with Crippen molar-refractivity contribution in [3.8, 4) is 0 Å². The van der Waals surface area contributed by atoms with E-state index in [4.69, 9.17) is 4.74 Å². The highest BCUT2D eigenvalue weighted by Gasteiger charge is 2.32. The first kappa shape index (κ1) is 20.7. The van der Waals surface area contributed by atoms with Gasteiger partial charge >= 0.3 is 6.03 Å². The predicted molar refractivity (Wildman–Crippen MR) is 101 cm³/mol. The van der Waals surface area contributed by atoms with Gasteiger partial charge in [-0.3, -0.25) is 4.90 Å². The Hall–Kier alpha value is -1.64. The number of nitrogens with zero attached hydrogens (tertiary/aromatic N) is 2. The number of hydrogen-bond acceptors (Lipinski definition) is 5. The van der Waals surface area contributed by atoms with E-state index in [0.717, 1.165) is 18.5 Å². The van der Waals surface area contributed by atoms with Gasteiger partial charge in [0.2, 0.25) is 0 Å². The zero-order valence-electron chi connectivity index (χ0n) is 15.9. The number of ether oxygens (including phenoxy) is 1. The Morgan fingerprint density at radius 1 is 1.19 bits per heavy atom. The lowest BCUT2D eigenvalue weighted by Gasteiger charge is -2.44. The van der Waals surface area contributed by atoms with Crippen molar-refractivity contribution >= 4 is 16.1 Å². The molecule has 1 aliphatic heterocycles. The molecule has 0 spiro atoms. The molecule has 0 saturated carbocycles. The van der Waals surface area contributed by atoms with Crippen LogP contribution >= 0.6 is 0 Å². The molecule has 0 radical (unpaired) electrons. The summed E-state index contributed by atoms with van der Waals surface area (Å²) in [6.07, 6.45) is 0.930. The van der Waals surface area contributed by atoms with Crippen molar-refractivity contribution in [1.82, 2.24) is 14.5 Å². The van der Waals surface area contributed by atoms with Crippen LogP contribution in [-0.2, 0) is 14.8 Å². The molecule has 8 heteroatoms. The van der Waals surface area contributed by atoms with E-state index >= 15 is 0 Å². The predicted octanol–water partition coefficient (Wildman–Crippen LogP) is 1.82. The SMILES string of the molecule is COCCCN1C(C)CN(C(=O)NS(=O)(=O)c2ccc(C)cc2)CC1C. The maximum Gasteiger partial charge on any atom is 0.331 e. The van der Waals surface area contributed by atoms with Crippen LogP contribution in [0.3, 0.4) is 0 Å². The van der Waals surface area contributed by atoms with E-state index in [2.05, 4.69) is 23.5 Å². The van der Waals surface area contributed by atoms with E-state index in [1.165, 1.54) is 12.1 Å². The monoisotopic (exact) mass is 383 g/mol. The molecule has 0 bridgehead atoms. The van der Waals surface area contributed by atoms with Gasteiger partial charge in [-0.2, -0.15) is 0 Å². The molecule has 7 nitrogen and oxygen atoms in total. The summed E-state index contributed by atoms with van der Waals surface area (Å²) in [5, 5.41) is 0. The van der Waals surface area contributed by atoms with E-state index in [1.807, 2.05) is 6.92 Å². The van der Waals surface area contributed by atoms with Crippen LogP contribution in [0.5, 0.6) is 0 Å². The second-order valence-corrected chi connectivity index (χ2v) is 8.59. The number of aryl methyl sites for hydroxylation is 1. The van der Waals surface area contributed by atoms with Gasteiger partial charge in [-0.05, 0) is 39.3 Å². The topological polar surface area (TPSA) is 79.0 Å². The first-order valence-corrected chi connectivity index (χ1v) is 10.4. The fourth-order valence-electron chi connectivity index (χ4n) is 3.31. The number of carbonyl (C=O) groups is 1. The molecule has 1 aromatic rings. The van der Waals surface area contributed by atoms with Crippen LogP contribution in [0.4, 0.5) is 4.79 Å². The number of methoxy groups -OCH3 is 1. The lowest BCUT2D eigenvalue weighted by Crippen LogP contribution is -2.60. The van der Waals surface area contributed by atoms with Crippen LogP contribution in [0, 0.1) is 6.92 Å². The van der Waals surface area contributed by atoms with Crippen molar-refractivity contribution in [2.75, 3.05) is 33.4 Å². The van der Waals surface area contributed by atoms with Gasteiger partial charge in [-0.25, -0.2) is 17.9 Å². The number of carbonyl (C=O) groups excluding carboxylic acids is 1. The van der Waals surface area contributed by atoms with Crippen LogP contribution in [0.15, 0.2) is 29.2 Å². The highest BCUT2D eigenvalue weighted by Crippen LogP contribution is 2.17. The van der Waals surface area contributed by atoms with Crippen LogP contribution in [0.25, 0.3) is 0 Å². The Kier molecular flexibility index (Phi) is 7.02. The Bertz CT molecular complexity index is 694. The molecule has 146 valence electrons. The van der Waals surface area contributed by atoms with Gasteiger partial charge in [0.25, 0.3) is 10.0 Å². The second-order valence-electron chi connectivity index (χ2n) is 6.91. The third-order valence-electron chi connectivity index (χ3n) is 4.71. The maximum atomic E-state index is 12.5. The van der Waals surface area contributed by atoms with Gasteiger partial charge in [-0.1, -0.05) is 17.7 Å². The summed E-state index contributed by atoms with van der Waals surface area (Å²) in [6, 6.07) is 6.17. The minimum atomic E-state index is -3.86. The third kappa shape index (κ3) is 5.18. The van der Waals surface area contributed by atoms with Crippen LogP contribution in [-0.4, -0.2) is 69.7 Å². The molecular formula is C18H29N3O4S. The number of sulfonamides is 1. The number of urea groups is 1. The van der Waals surface area contributed by atoms with Crippen molar-refractivity contribution in [2.24, 2.45) is 0 Å². The Morgan fingerprint density at radius 3 is 2.31 bits per heavy atom.